The molecule has 0 aromatic rings. The summed E-state index contributed by atoms with van der Waals surface area (Å²) in [6.45, 7) is 7.37. The van der Waals surface area contributed by atoms with Crippen LogP contribution in [0.25, 0.3) is 0 Å². The van der Waals surface area contributed by atoms with E-state index < -0.39 is 95.6 Å². The second-order valence-electron chi connectivity index (χ2n) is 13.1. The van der Waals surface area contributed by atoms with Gasteiger partial charge in [-0.2, -0.15) is 0 Å². The van der Waals surface area contributed by atoms with Gasteiger partial charge >= 0.3 is 0 Å². The summed E-state index contributed by atoms with van der Waals surface area (Å²) in [6, 6.07) is 0. The second-order valence-corrected chi connectivity index (χ2v) is 13.1. The van der Waals surface area contributed by atoms with Gasteiger partial charge in [0.15, 0.2) is 6.29 Å². The summed E-state index contributed by atoms with van der Waals surface area (Å²) in [5, 5.41) is 87.9. The summed E-state index contributed by atoms with van der Waals surface area (Å²) in [4.78, 5) is 0. The molecule has 7 aliphatic rings. The lowest BCUT2D eigenvalue weighted by Gasteiger charge is -2.76. The van der Waals surface area contributed by atoms with Crippen molar-refractivity contribution < 1.29 is 55.1 Å². The smallest absolute Gasteiger partial charge is 0.201 e. The van der Waals surface area contributed by atoms with Crippen LogP contribution in [-0.4, -0.2) is 115 Å². The second kappa shape index (κ2) is 8.17. The minimum Gasteiger partial charge on any atom is -0.394 e. The van der Waals surface area contributed by atoms with Gasteiger partial charge in [0.1, 0.15) is 30.5 Å². The molecule has 3 heterocycles. The molecule has 2 spiro atoms. The minimum absolute atomic E-state index is 0.0654. The van der Waals surface area contributed by atoms with E-state index in [1.165, 1.54) is 0 Å². The Balaban J connectivity index is 1.47. The molecule has 4 saturated carbocycles. The van der Waals surface area contributed by atoms with Gasteiger partial charge in [0, 0.05) is 17.3 Å². The Morgan fingerprint density at radius 3 is 2.41 bits per heavy atom. The van der Waals surface area contributed by atoms with E-state index in [1.807, 2.05) is 13.8 Å². The molecular formula is C26H40O11. The Labute approximate surface area is 215 Å². The van der Waals surface area contributed by atoms with Crippen LogP contribution in [0.1, 0.15) is 39.5 Å². The predicted octanol–water partition coefficient (Wildman–Crippen LogP) is -2.01. The highest BCUT2D eigenvalue weighted by Gasteiger charge is 2.85. The predicted molar refractivity (Wildman–Crippen MR) is 124 cm³/mol. The van der Waals surface area contributed by atoms with Crippen LogP contribution in [0.4, 0.5) is 0 Å². The van der Waals surface area contributed by atoms with Crippen LogP contribution >= 0.6 is 0 Å². The van der Waals surface area contributed by atoms with Crippen LogP contribution in [0.15, 0.2) is 12.2 Å². The molecule has 11 heteroatoms. The van der Waals surface area contributed by atoms with Gasteiger partial charge in [-0.1, -0.05) is 20.4 Å². The molecule has 4 aliphatic carbocycles. The van der Waals surface area contributed by atoms with Gasteiger partial charge < -0.3 is 55.1 Å². The third-order valence-electron chi connectivity index (χ3n) is 11.1. The van der Waals surface area contributed by atoms with Crippen molar-refractivity contribution in [3.8, 4) is 0 Å². The zero-order valence-corrected chi connectivity index (χ0v) is 21.2. The first kappa shape index (κ1) is 26.5. The van der Waals surface area contributed by atoms with Crippen molar-refractivity contribution in [1.29, 1.82) is 0 Å². The van der Waals surface area contributed by atoms with Crippen molar-refractivity contribution in [1.82, 2.24) is 0 Å². The zero-order valence-electron chi connectivity index (χ0n) is 21.2. The quantitative estimate of drug-likeness (QED) is 0.189. The van der Waals surface area contributed by atoms with E-state index >= 15 is 0 Å². The van der Waals surface area contributed by atoms with Gasteiger partial charge in [-0.15, -0.1) is 0 Å². The largest absolute Gasteiger partial charge is 0.394 e. The molecule has 8 N–H and O–H groups in total. The number of ether oxygens (including phenoxy) is 3. The summed E-state index contributed by atoms with van der Waals surface area (Å²) in [6.07, 6.45) is -10.1. The lowest BCUT2D eigenvalue weighted by Crippen LogP contribution is -2.85. The molecule has 7 fully saturated rings. The molecular weight excluding hydrogens is 488 g/mol. The van der Waals surface area contributed by atoms with Crippen LogP contribution in [0.3, 0.4) is 0 Å². The highest BCUT2D eigenvalue weighted by Crippen LogP contribution is 2.77. The fourth-order valence-corrected chi connectivity index (χ4v) is 9.64. The summed E-state index contributed by atoms with van der Waals surface area (Å²) >= 11 is 0. The molecule has 0 radical (unpaired) electrons. The maximum Gasteiger partial charge on any atom is 0.201 e. The van der Waals surface area contributed by atoms with E-state index in [0.29, 0.717) is 31.3 Å². The molecule has 3 aliphatic heterocycles. The molecule has 7 rings (SSSR count). The lowest BCUT2D eigenvalue weighted by atomic mass is 9.35. The number of fused-ring (bicyclic) bond motifs is 2. The molecule has 3 saturated heterocycles. The van der Waals surface area contributed by atoms with Crippen molar-refractivity contribution in [3.05, 3.63) is 12.2 Å². The molecule has 4 bridgehead atoms. The average Bonchev–Trinajstić information content (AvgIpc) is 3.04. The topological polar surface area (TPSA) is 190 Å². The molecule has 37 heavy (non-hydrogen) atoms. The van der Waals surface area contributed by atoms with Gasteiger partial charge in [0.2, 0.25) is 5.79 Å². The zero-order chi connectivity index (χ0) is 26.9. The fraction of sp³-hybridized carbons (Fsp3) is 0.923. The number of aliphatic hydroxyl groups excluding tert-OH is 7. The monoisotopic (exact) mass is 528 g/mol. The lowest BCUT2D eigenvalue weighted by molar-refractivity contribution is -0.479. The Bertz CT molecular complexity index is 957. The van der Waals surface area contributed by atoms with Crippen LogP contribution in [0.2, 0.25) is 0 Å². The molecule has 15 unspecified atom stereocenters. The van der Waals surface area contributed by atoms with Crippen molar-refractivity contribution in [3.63, 3.8) is 0 Å². The minimum atomic E-state index is -2.11. The number of hydrogen-bond donors (Lipinski definition) is 8. The summed E-state index contributed by atoms with van der Waals surface area (Å²) in [5.41, 5.74) is -2.51. The third-order valence-corrected chi connectivity index (χ3v) is 11.1. The van der Waals surface area contributed by atoms with E-state index in [-0.39, 0.29) is 12.5 Å². The Morgan fingerprint density at radius 1 is 1.03 bits per heavy atom. The third kappa shape index (κ3) is 3.00. The van der Waals surface area contributed by atoms with E-state index in [1.54, 1.807) is 0 Å². The maximum absolute atomic E-state index is 12.0. The molecule has 11 nitrogen and oxygen atoms in total. The molecule has 0 aromatic heterocycles. The standard InChI is InChI=1S/C26H40O11/c1-10-11-6-12(28)18-24-9-35-26(34,25(18,7-11)20(10)32)21(33)19(24)23(2,3)5-4-14(24)37-22-17(31)16(30)15(29)13(8-27)36-22/h11-22,27-34H,1,4-9H2,2-3H3. The van der Waals surface area contributed by atoms with Gasteiger partial charge in [-0.3, -0.25) is 0 Å². The van der Waals surface area contributed by atoms with Crippen molar-refractivity contribution in [2.75, 3.05) is 13.2 Å². The number of hydrogen-bond acceptors (Lipinski definition) is 11. The maximum atomic E-state index is 12.0. The highest BCUT2D eigenvalue weighted by atomic mass is 16.7. The summed E-state index contributed by atoms with van der Waals surface area (Å²) < 4.78 is 18.1. The van der Waals surface area contributed by atoms with Gasteiger partial charge in [-0.05, 0) is 42.6 Å². The van der Waals surface area contributed by atoms with E-state index in [9.17, 15) is 40.9 Å². The van der Waals surface area contributed by atoms with Crippen molar-refractivity contribution in [2.24, 2.45) is 34.0 Å². The number of rotatable bonds is 3. The van der Waals surface area contributed by atoms with Gasteiger partial charge in [0.25, 0.3) is 0 Å². The first-order valence-corrected chi connectivity index (χ1v) is 13.3. The highest BCUT2D eigenvalue weighted by molar-refractivity contribution is 5.36. The summed E-state index contributed by atoms with van der Waals surface area (Å²) in [7, 11) is 0. The first-order valence-electron chi connectivity index (χ1n) is 13.3. The fourth-order valence-electron chi connectivity index (χ4n) is 9.64. The molecule has 0 aromatic carbocycles. The Kier molecular flexibility index (Phi) is 5.86. The van der Waals surface area contributed by atoms with Crippen molar-refractivity contribution in [2.45, 2.75) is 100 Å². The number of aliphatic hydroxyl groups is 8. The Morgan fingerprint density at radius 2 is 1.73 bits per heavy atom. The van der Waals surface area contributed by atoms with Gasteiger partial charge in [0.05, 0.1) is 36.9 Å². The molecule has 210 valence electrons. The van der Waals surface area contributed by atoms with Crippen LogP contribution in [0, 0.1) is 34.0 Å². The van der Waals surface area contributed by atoms with Crippen molar-refractivity contribution >= 4 is 0 Å². The van der Waals surface area contributed by atoms with Gasteiger partial charge in [-0.25, -0.2) is 0 Å². The van der Waals surface area contributed by atoms with E-state index in [0.717, 1.165) is 0 Å². The average molecular weight is 529 g/mol. The van der Waals surface area contributed by atoms with Crippen LogP contribution < -0.4 is 0 Å². The summed E-state index contributed by atoms with van der Waals surface area (Å²) in [5.74, 6) is -3.68. The molecule has 0 amide bonds. The van der Waals surface area contributed by atoms with Crippen LogP contribution in [0.5, 0.6) is 0 Å². The Hall–Kier alpha value is -0.700. The van der Waals surface area contributed by atoms with Crippen LogP contribution in [-0.2, 0) is 14.2 Å². The molecule has 15 atom stereocenters. The normalized spacial score (nSPS) is 60.2. The van der Waals surface area contributed by atoms with E-state index in [2.05, 4.69) is 6.58 Å². The first-order chi connectivity index (χ1) is 17.3. The SMILES string of the molecule is C=C1C2CC(O)C3C45COC(O)(C(O)C4C(C)(C)CCC5OC4OC(CO)C(O)C(O)C4O)C3(C2)C1O. The van der Waals surface area contributed by atoms with E-state index in [4.69, 9.17) is 14.2 Å².